The summed E-state index contributed by atoms with van der Waals surface area (Å²) in [5, 5.41) is 5.71. The molecular formula is C21H17Cl3N4O4. The minimum atomic E-state index is -1.12. The molecule has 2 N–H and O–H groups in total. The normalized spacial score (nSPS) is 10.5. The summed E-state index contributed by atoms with van der Waals surface area (Å²) in [6, 6.07) is 11.8. The molecule has 0 aliphatic heterocycles. The highest BCUT2D eigenvalue weighted by atomic mass is 35.5. The molecule has 2 aromatic carbocycles. The van der Waals surface area contributed by atoms with Crippen LogP contribution in [0.2, 0.25) is 15.1 Å². The van der Waals surface area contributed by atoms with Gasteiger partial charge in [0.2, 0.25) is 0 Å². The summed E-state index contributed by atoms with van der Waals surface area (Å²) >= 11 is 18.4. The van der Waals surface area contributed by atoms with Crippen molar-refractivity contribution in [2.75, 3.05) is 6.61 Å². The van der Waals surface area contributed by atoms with Crippen LogP contribution in [0.3, 0.4) is 0 Å². The topological polar surface area (TPSA) is 102 Å². The standard InChI is InChI=1S/C21H17Cl3N4O4/c1-3-32-21(31)20(30)26-25-19(29)17-11(2)18(12-4-6-13(22)7-5-12)28(27-17)16-9-8-14(23)10-15(16)24/h4-10H,3H2,1-2H3,(H,25,29)(H,26,30). The molecule has 11 heteroatoms. The Labute approximate surface area is 198 Å². The van der Waals surface area contributed by atoms with Gasteiger partial charge in [-0.3, -0.25) is 20.4 Å². The fourth-order valence-corrected chi connectivity index (χ4v) is 3.52. The molecule has 0 fully saturated rings. The maximum absolute atomic E-state index is 12.7. The highest BCUT2D eigenvalue weighted by Gasteiger charge is 2.24. The summed E-state index contributed by atoms with van der Waals surface area (Å²) in [6.45, 7) is 3.27. The fraction of sp³-hybridized carbons (Fsp3) is 0.143. The van der Waals surface area contributed by atoms with Crippen LogP contribution in [0.5, 0.6) is 0 Å². The van der Waals surface area contributed by atoms with Crippen molar-refractivity contribution in [2.24, 2.45) is 0 Å². The van der Waals surface area contributed by atoms with Crippen LogP contribution in [0.25, 0.3) is 16.9 Å². The first kappa shape index (κ1) is 23.6. The number of hydrogen-bond acceptors (Lipinski definition) is 5. The Morgan fingerprint density at radius 2 is 1.66 bits per heavy atom. The molecule has 1 heterocycles. The van der Waals surface area contributed by atoms with Gasteiger partial charge in [-0.15, -0.1) is 0 Å². The van der Waals surface area contributed by atoms with Crippen LogP contribution in [0.4, 0.5) is 0 Å². The van der Waals surface area contributed by atoms with Crippen LogP contribution in [-0.2, 0) is 14.3 Å². The number of benzene rings is 2. The van der Waals surface area contributed by atoms with Crippen molar-refractivity contribution in [3.05, 3.63) is 68.8 Å². The molecule has 0 unspecified atom stereocenters. The number of hydrazine groups is 1. The summed E-state index contributed by atoms with van der Waals surface area (Å²) in [4.78, 5) is 35.9. The number of carbonyl (C=O) groups excluding carboxylic acids is 3. The number of nitrogens with one attached hydrogen (secondary N) is 2. The number of rotatable bonds is 4. The first-order chi connectivity index (χ1) is 15.2. The van der Waals surface area contributed by atoms with Crippen molar-refractivity contribution >= 4 is 52.6 Å². The van der Waals surface area contributed by atoms with E-state index in [9.17, 15) is 14.4 Å². The molecule has 0 bridgehead atoms. The highest BCUT2D eigenvalue weighted by Crippen LogP contribution is 2.33. The summed E-state index contributed by atoms with van der Waals surface area (Å²) < 4.78 is 6.08. The van der Waals surface area contributed by atoms with Gasteiger partial charge in [-0.25, -0.2) is 9.48 Å². The van der Waals surface area contributed by atoms with Gasteiger partial charge < -0.3 is 4.74 Å². The van der Waals surface area contributed by atoms with Crippen molar-refractivity contribution in [3.63, 3.8) is 0 Å². The van der Waals surface area contributed by atoms with Crippen molar-refractivity contribution < 1.29 is 19.1 Å². The average Bonchev–Trinajstić information content (AvgIpc) is 3.09. The lowest BCUT2D eigenvalue weighted by atomic mass is 10.1. The van der Waals surface area contributed by atoms with Crippen LogP contribution in [0, 0.1) is 6.92 Å². The molecular weight excluding hydrogens is 479 g/mol. The maximum atomic E-state index is 12.7. The van der Waals surface area contributed by atoms with Crippen LogP contribution < -0.4 is 10.9 Å². The number of aromatic nitrogens is 2. The molecule has 0 aliphatic rings. The Morgan fingerprint density at radius 1 is 1.00 bits per heavy atom. The summed E-state index contributed by atoms with van der Waals surface area (Å²) in [7, 11) is 0. The molecule has 8 nitrogen and oxygen atoms in total. The van der Waals surface area contributed by atoms with E-state index in [1.165, 1.54) is 4.68 Å². The lowest BCUT2D eigenvalue weighted by Crippen LogP contribution is -2.45. The first-order valence-electron chi connectivity index (χ1n) is 9.31. The van der Waals surface area contributed by atoms with E-state index in [4.69, 9.17) is 34.8 Å². The quantitative estimate of drug-likeness (QED) is 0.322. The van der Waals surface area contributed by atoms with Gasteiger partial charge in [-0.1, -0.05) is 46.9 Å². The summed E-state index contributed by atoms with van der Waals surface area (Å²) in [5.41, 5.74) is 6.46. The molecule has 3 rings (SSSR count). The van der Waals surface area contributed by atoms with Crippen LogP contribution in [-0.4, -0.2) is 34.2 Å². The van der Waals surface area contributed by atoms with Gasteiger partial charge in [0.05, 0.1) is 23.0 Å². The Morgan fingerprint density at radius 3 is 2.28 bits per heavy atom. The number of nitrogens with zero attached hydrogens (tertiary/aromatic N) is 2. The van der Waals surface area contributed by atoms with Crippen molar-refractivity contribution in [3.8, 4) is 16.9 Å². The van der Waals surface area contributed by atoms with Crippen LogP contribution in [0.15, 0.2) is 42.5 Å². The number of amides is 2. The molecule has 32 heavy (non-hydrogen) atoms. The monoisotopic (exact) mass is 494 g/mol. The fourth-order valence-electron chi connectivity index (χ4n) is 2.91. The Bertz CT molecular complexity index is 1190. The average molecular weight is 496 g/mol. The van der Waals surface area contributed by atoms with E-state index in [1.807, 2.05) is 5.43 Å². The summed E-state index contributed by atoms with van der Waals surface area (Å²) in [5.74, 6) is -2.97. The molecule has 0 radical (unpaired) electrons. The highest BCUT2D eigenvalue weighted by molar-refractivity contribution is 6.35. The smallest absolute Gasteiger partial charge is 0.398 e. The summed E-state index contributed by atoms with van der Waals surface area (Å²) in [6.07, 6.45) is 0. The maximum Gasteiger partial charge on any atom is 0.398 e. The zero-order valence-corrected chi connectivity index (χ0v) is 19.2. The second kappa shape index (κ2) is 10.0. The first-order valence-corrected chi connectivity index (χ1v) is 10.4. The van der Waals surface area contributed by atoms with Gasteiger partial charge in [0.25, 0.3) is 5.91 Å². The van der Waals surface area contributed by atoms with E-state index in [2.05, 4.69) is 15.3 Å². The number of ether oxygens (including phenoxy) is 1. The third-order valence-corrected chi connectivity index (χ3v) is 5.13. The predicted octanol–water partition coefficient (Wildman–Crippen LogP) is 4.13. The van der Waals surface area contributed by atoms with E-state index in [0.29, 0.717) is 32.0 Å². The Balaban J connectivity index is 2.03. The number of esters is 1. The van der Waals surface area contributed by atoms with E-state index < -0.39 is 17.8 Å². The molecule has 0 saturated heterocycles. The lowest BCUT2D eigenvalue weighted by molar-refractivity contribution is -0.154. The third kappa shape index (κ3) is 5.04. The largest absolute Gasteiger partial charge is 0.459 e. The van der Waals surface area contributed by atoms with E-state index >= 15 is 0 Å². The van der Waals surface area contributed by atoms with Crippen molar-refractivity contribution in [1.82, 2.24) is 20.6 Å². The van der Waals surface area contributed by atoms with Gasteiger partial charge in [-0.2, -0.15) is 5.10 Å². The third-order valence-electron chi connectivity index (χ3n) is 4.34. The van der Waals surface area contributed by atoms with Gasteiger partial charge in [0.1, 0.15) is 0 Å². The Hall–Kier alpha value is -3.07. The SMILES string of the molecule is CCOC(=O)C(=O)NNC(=O)c1nn(-c2ccc(Cl)cc2Cl)c(-c2ccc(Cl)cc2)c1C. The van der Waals surface area contributed by atoms with E-state index in [1.54, 1.807) is 56.3 Å². The molecule has 166 valence electrons. The zero-order valence-electron chi connectivity index (χ0n) is 16.9. The second-order valence-corrected chi connectivity index (χ2v) is 7.75. The van der Waals surface area contributed by atoms with Crippen molar-refractivity contribution in [2.45, 2.75) is 13.8 Å². The van der Waals surface area contributed by atoms with E-state index in [-0.39, 0.29) is 12.3 Å². The predicted molar refractivity (Wildman–Crippen MR) is 121 cm³/mol. The molecule has 1 aromatic heterocycles. The molecule has 0 saturated carbocycles. The molecule has 0 atom stereocenters. The molecule has 0 spiro atoms. The molecule has 2 amide bonds. The van der Waals surface area contributed by atoms with E-state index in [0.717, 1.165) is 5.56 Å². The molecule has 3 aromatic rings. The van der Waals surface area contributed by atoms with Crippen LogP contribution in [0.1, 0.15) is 23.0 Å². The second-order valence-electron chi connectivity index (χ2n) is 6.47. The number of carbonyl (C=O) groups is 3. The van der Waals surface area contributed by atoms with Gasteiger partial charge in [-0.05, 0) is 44.2 Å². The van der Waals surface area contributed by atoms with Gasteiger partial charge >= 0.3 is 11.9 Å². The number of halogens is 3. The van der Waals surface area contributed by atoms with Gasteiger partial charge in [0, 0.05) is 21.2 Å². The van der Waals surface area contributed by atoms with Crippen LogP contribution >= 0.6 is 34.8 Å². The zero-order chi connectivity index (χ0) is 23.4. The minimum absolute atomic E-state index is 0.00475. The van der Waals surface area contributed by atoms with Gasteiger partial charge in [0.15, 0.2) is 5.69 Å². The Kier molecular flexibility index (Phi) is 7.40. The lowest BCUT2D eigenvalue weighted by Gasteiger charge is -2.11. The molecule has 0 aliphatic carbocycles. The number of hydrogen-bond donors (Lipinski definition) is 2. The van der Waals surface area contributed by atoms with Crippen molar-refractivity contribution in [1.29, 1.82) is 0 Å². The minimum Gasteiger partial charge on any atom is -0.459 e.